The van der Waals surface area contributed by atoms with Gasteiger partial charge in [0.25, 0.3) is 0 Å². The highest BCUT2D eigenvalue weighted by Gasteiger charge is 2.06. The number of rotatable bonds is 2. The zero-order valence-electron chi connectivity index (χ0n) is 7.14. The molecule has 1 N–H and O–H groups in total. The van der Waals surface area contributed by atoms with Gasteiger partial charge in [0.05, 0.1) is 11.1 Å². The summed E-state index contributed by atoms with van der Waals surface area (Å²) in [6, 6.07) is 5.61. The smallest absolute Gasteiger partial charge is 0.0941 e. The van der Waals surface area contributed by atoms with Crippen molar-refractivity contribution < 1.29 is 0 Å². The van der Waals surface area contributed by atoms with E-state index in [0.717, 1.165) is 10.0 Å². The van der Waals surface area contributed by atoms with Crippen molar-refractivity contribution in [2.24, 2.45) is 0 Å². The Labute approximate surface area is 91.6 Å². The van der Waals surface area contributed by atoms with Gasteiger partial charge in [-0.15, -0.1) is 6.42 Å². The Morgan fingerprint density at radius 1 is 1.62 bits per heavy atom. The molecule has 1 aromatic rings. The summed E-state index contributed by atoms with van der Waals surface area (Å²) < 4.78 is 0.879. The molecular weight excluding hydrogens is 249 g/mol. The lowest BCUT2D eigenvalue weighted by Crippen LogP contribution is -2.13. The highest BCUT2D eigenvalue weighted by molar-refractivity contribution is 9.10. The van der Waals surface area contributed by atoms with Gasteiger partial charge in [-0.3, -0.25) is 0 Å². The molecular formula is C10H9BrClN. The first-order valence-corrected chi connectivity index (χ1v) is 4.94. The molecule has 0 aliphatic heterocycles. The first-order chi connectivity index (χ1) is 6.19. The Bertz CT molecular complexity index is 343. The van der Waals surface area contributed by atoms with Crippen LogP contribution < -0.4 is 5.32 Å². The number of hydrogen-bond donors (Lipinski definition) is 1. The van der Waals surface area contributed by atoms with Gasteiger partial charge in [0, 0.05) is 4.47 Å². The predicted molar refractivity (Wildman–Crippen MR) is 59.8 cm³/mol. The minimum Gasteiger partial charge on any atom is -0.303 e. The molecule has 1 aromatic carbocycles. The minimum atomic E-state index is -0.0781. The van der Waals surface area contributed by atoms with Crippen LogP contribution in [0, 0.1) is 12.3 Å². The maximum absolute atomic E-state index is 5.93. The molecule has 1 nitrogen and oxygen atoms in total. The number of terminal acetylenes is 1. The molecule has 0 radical (unpaired) electrons. The van der Waals surface area contributed by atoms with Crippen LogP contribution in [-0.4, -0.2) is 7.05 Å². The molecule has 3 heteroatoms. The van der Waals surface area contributed by atoms with E-state index >= 15 is 0 Å². The summed E-state index contributed by atoms with van der Waals surface area (Å²) in [6.07, 6.45) is 5.34. The van der Waals surface area contributed by atoms with E-state index in [4.69, 9.17) is 18.0 Å². The fourth-order valence-corrected chi connectivity index (χ4v) is 1.47. The van der Waals surface area contributed by atoms with Gasteiger partial charge < -0.3 is 5.32 Å². The van der Waals surface area contributed by atoms with Gasteiger partial charge in [-0.1, -0.05) is 23.6 Å². The fraction of sp³-hybridized carbons (Fsp3) is 0.200. The molecule has 0 saturated carbocycles. The lowest BCUT2D eigenvalue weighted by Gasteiger charge is -2.10. The maximum Gasteiger partial charge on any atom is 0.0941 e. The zero-order valence-corrected chi connectivity index (χ0v) is 9.48. The van der Waals surface area contributed by atoms with Crippen LogP contribution in [0.15, 0.2) is 22.7 Å². The van der Waals surface area contributed by atoms with Crippen LogP contribution in [0.2, 0.25) is 5.02 Å². The molecule has 1 atom stereocenters. The normalized spacial score (nSPS) is 12.2. The van der Waals surface area contributed by atoms with Crippen LogP contribution in [0.4, 0.5) is 0 Å². The molecule has 0 bridgehead atoms. The molecule has 1 rings (SSSR count). The van der Waals surface area contributed by atoms with E-state index in [2.05, 4.69) is 27.2 Å². The molecule has 0 aliphatic carbocycles. The van der Waals surface area contributed by atoms with Crippen LogP contribution in [0.1, 0.15) is 11.6 Å². The van der Waals surface area contributed by atoms with Gasteiger partial charge in [-0.05, 0) is 40.7 Å². The van der Waals surface area contributed by atoms with Crippen molar-refractivity contribution >= 4 is 27.5 Å². The quantitative estimate of drug-likeness (QED) is 0.804. The summed E-state index contributed by atoms with van der Waals surface area (Å²) in [4.78, 5) is 0. The molecule has 0 aromatic heterocycles. The van der Waals surface area contributed by atoms with Gasteiger partial charge in [-0.2, -0.15) is 0 Å². The van der Waals surface area contributed by atoms with Crippen molar-refractivity contribution in [3.63, 3.8) is 0 Å². The van der Waals surface area contributed by atoms with E-state index in [1.807, 2.05) is 25.2 Å². The zero-order chi connectivity index (χ0) is 9.84. The lowest BCUT2D eigenvalue weighted by atomic mass is 10.1. The van der Waals surface area contributed by atoms with E-state index in [1.165, 1.54) is 0 Å². The topological polar surface area (TPSA) is 12.0 Å². The van der Waals surface area contributed by atoms with Gasteiger partial charge in [0.1, 0.15) is 0 Å². The summed E-state index contributed by atoms with van der Waals surface area (Å²) in [5.41, 5.74) is 0.998. The van der Waals surface area contributed by atoms with Crippen LogP contribution in [0.25, 0.3) is 0 Å². The molecule has 0 amide bonds. The van der Waals surface area contributed by atoms with E-state index in [1.54, 1.807) is 0 Å². The number of benzene rings is 1. The number of halogens is 2. The van der Waals surface area contributed by atoms with Gasteiger partial charge in [0.2, 0.25) is 0 Å². The van der Waals surface area contributed by atoms with Crippen LogP contribution >= 0.6 is 27.5 Å². The summed E-state index contributed by atoms with van der Waals surface area (Å²) in [6.45, 7) is 0. The third kappa shape index (κ3) is 2.47. The van der Waals surface area contributed by atoms with Crippen LogP contribution in [0.5, 0.6) is 0 Å². The first kappa shape index (κ1) is 10.6. The monoisotopic (exact) mass is 257 g/mol. The Balaban J connectivity index is 3.04. The van der Waals surface area contributed by atoms with Crippen molar-refractivity contribution in [2.75, 3.05) is 7.05 Å². The van der Waals surface area contributed by atoms with E-state index in [9.17, 15) is 0 Å². The van der Waals surface area contributed by atoms with Gasteiger partial charge in [0.15, 0.2) is 0 Å². The predicted octanol–water partition coefficient (Wildman–Crippen LogP) is 3.00. The SMILES string of the molecule is C#CC(NC)c1ccc(Br)c(Cl)c1. The third-order valence-corrected chi connectivity index (χ3v) is 2.96. The Hall–Kier alpha value is -0.490. The molecule has 13 heavy (non-hydrogen) atoms. The molecule has 68 valence electrons. The lowest BCUT2D eigenvalue weighted by molar-refractivity contribution is 0.736. The summed E-state index contributed by atoms with van der Waals surface area (Å²) in [5, 5.41) is 3.68. The van der Waals surface area contributed by atoms with Crippen molar-refractivity contribution in [2.45, 2.75) is 6.04 Å². The Kier molecular flexibility index (Phi) is 3.80. The molecule has 0 aliphatic rings. The maximum atomic E-state index is 5.93. The second-order valence-corrected chi connectivity index (χ2v) is 3.82. The van der Waals surface area contributed by atoms with E-state index < -0.39 is 0 Å². The summed E-state index contributed by atoms with van der Waals surface area (Å²) in [5.74, 6) is 2.63. The van der Waals surface area contributed by atoms with E-state index in [-0.39, 0.29) is 6.04 Å². The highest BCUT2D eigenvalue weighted by atomic mass is 79.9. The third-order valence-electron chi connectivity index (χ3n) is 1.73. The van der Waals surface area contributed by atoms with Gasteiger partial charge >= 0.3 is 0 Å². The number of hydrogen-bond acceptors (Lipinski definition) is 1. The Morgan fingerprint density at radius 3 is 2.77 bits per heavy atom. The summed E-state index contributed by atoms with van der Waals surface area (Å²) >= 11 is 9.25. The fourth-order valence-electron chi connectivity index (χ4n) is 1.04. The molecule has 0 fully saturated rings. The van der Waals surface area contributed by atoms with Crippen molar-refractivity contribution in [1.29, 1.82) is 0 Å². The average molecular weight is 259 g/mol. The van der Waals surface area contributed by atoms with E-state index in [0.29, 0.717) is 5.02 Å². The minimum absolute atomic E-state index is 0.0781. The standard InChI is InChI=1S/C10H9BrClN/c1-3-10(13-2)7-4-5-8(11)9(12)6-7/h1,4-6,10,13H,2H3. The highest BCUT2D eigenvalue weighted by Crippen LogP contribution is 2.25. The number of nitrogens with one attached hydrogen (secondary N) is 1. The second kappa shape index (κ2) is 4.66. The summed E-state index contributed by atoms with van der Waals surface area (Å²) in [7, 11) is 1.82. The van der Waals surface area contributed by atoms with Gasteiger partial charge in [-0.25, -0.2) is 0 Å². The van der Waals surface area contributed by atoms with Crippen molar-refractivity contribution in [1.82, 2.24) is 5.32 Å². The largest absolute Gasteiger partial charge is 0.303 e. The second-order valence-electron chi connectivity index (χ2n) is 2.56. The van der Waals surface area contributed by atoms with Crippen LogP contribution in [-0.2, 0) is 0 Å². The molecule has 0 heterocycles. The van der Waals surface area contributed by atoms with Crippen LogP contribution in [0.3, 0.4) is 0 Å². The van der Waals surface area contributed by atoms with Crippen molar-refractivity contribution in [3.05, 3.63) is 33.3 Å². The average Bonchev–Trinajstić information content (AvgIpc) is 2.13. The molecule has 0 spiro atoms. The molecule has 0 saturated heterocycles. The Morgan fingerprint density at radius 2 is 2.31 bits per heavy atom. The van der Waals surface area contributed by atoms with Crippen molar-refractivity contribution in [3.8, 4) is 12.3 Å². The molecule has 1 unspecified atom stereocenters. The first-order valence-electron chi connectivity index (χ1n) is 3.77.